The zero-order chi connectivity index (χ0) is 19.4. The van der Waals surface area contributed by atoms with Gasteiger partial charge < -0.3 is 11.1 Å². The van der Waals surface area contributed by atoms with Crippen LogP contribution in [0.4, 0.5) is 10.6 Å². The van der Waals surface area contributed by atoms with Gasteiger partial charge in [0.05, 0.1) is 0 Å². The first kappa shape index (κ1) is 18.4. The van der Waals surface area contributed by atoms with Crippen molar-refractivity contribution in [3.8, 4) is 0 Å². The third-order valence-corrected chi connectivity index (χ3v) is 4.42. The highest BCUT2D eigenvalue weighted by molar-refractivity contribution is 5.94. The lowest BCUT2D eigenvalue weighted by molar-refractivity contribution is 0.1000. The van der Waals surface area contributed by atoms with Crippen molar-refractivity contribution in [3.05, 3.63) is 70.9 Å². The van der Waals surface area contributed by atoms with Crippen LogP contribution in [0.3, 0.4) is 0 Å². The van der Waals surface area contributed by atoms with Gasteiger partial charge in [-0.1, -0.05) is 24.3 Å². The molecule has 3 aromatic rings. The van der Waals surface area contributed by atoms with Crippen LogP contribution in [-0.4, -0.2) is 23.5 Å². The fourth-order valence-corrected chi connectivity index (χ4v) is 2.99. The standard InChI is InChI=1S/C21H22N4O2/c1-3-23-21(27)25-19-11-17-16(7-4-13(2)18(17)12-24-19)10-14-5-8-15(9-6-14)20(22)26/h4-9,11-12H,3,10H2,1-2H3,(H2,22,26)(H2,23,24,25,27). The number of carbonyl (C=O) groups is 2. The molecule has 0 aliphatic heterocycles. The van der Waals surface area contributed by atoms with Gasteiger partial charge in [0, 0.05) is 23.7 Å². The molecule has 0 bridgehead atoms. The molecule has 0 fully saturated rings. The summed E-state index contributed by atoms with van der Waals surface area (Å²) in [4.78, 5) is 27.4. The predicted molar refractivity (Wildman–Crippen MR) is 107 cm³/mol. The topological polar surface area (TPSA) is 97.1 Å². The van der Waals surface area contributed by atoms with Crippen LogP contribution in [0.1, 0.15) is 34.0 Å². The van der Waals surface area contributed by atoms with Gasteiger partial charge >= 0.3 is 6.03 Å². The first-order valence-electron chi connectivity index (χ1n) is 8.79. The largest absolute Gasteiger partial charge is 0.366 e. The Bertz CT molecular complexity index is 997. The summed E-state index contributed by atoms with van der Waals surface area (Å²) in [7, 11) is 0. The maximum Gasteiger partial charge on any atom is 0.320 e. The highest BCUT2D eigenvalue weighted by Gasteiger charge is 2.09. The number of anilines is 1. The van der Waals surface area contributed by atoms with E-state index in [1.54, 1.807) is 18.3 Å². The monoisotopic (exact) mass is 362 g/mol. The summed E-state index contributed by atoms with van der Waals surface area (Å²) in [6, 6.07) is 13.0. The number of pyridine rings is 1. The van der Waals surface area contributed by atoms with Gasteiger partial charge in [-0.15, -0.1) is 0 Å². The van der Waals surface area contributed by atoms with Crippen molar-refractivity contribution in [1.82, 2.24) is 10.3 Å². The second-order valence-corrected chi connectivity index (χ2v) is 6.38. The molecule has 1 heterocycles. The summed E-state index contributed by atoms with van der Waals surface area (Å²) in [6.45, 7) is 4.44. The molecule has 2 aromatic carbocycles. The highest BCUT2D eigenvalue weighted by atomic mass is 16.2. The number of amides is 3. The smallest absolute Gasteiger partial charge is 0.320 e. The van der Waals surface area contributed by atoms with Crippen LogP contribution in [0, 0.1) is 6.92 Å². The number of primary amides is 1. The first-order valence-corrected chi connectivity index (χ1v) is 8.79. The SMILES string of the molecule is CCNC(=O)Nc1cc2c(Cc3ccc(C(N)=O)cc3)ccc(C)c2cn1. The number of hydrogen-bond acceptors (Lipinski definition) is 3. The first-order chi connectivity index (χ1) is 13.0. The van der Waals surface area contributed by atoms with E-state index in [-0.39, 0.29) is 6.03 Å². The number of hydrogen-bond donors (Lipinski definition) is 3. The second kappa shape index (κ2) is 7.86. The maximum atomic E-state index is 11.8. The second-order valence-electron chi connectivity index (χ2n) is 6.38. The minimum Gasteiger partial charge on any atom is -0.366 e. The van der Waals surface area contributed by atoms with E-state index in [9.17, 15) is 9.59 Å². The highest BCUT2D eigenvalue weighted by Crippen LogP contribution is 2.26. The van der Waals surface area contributed by atoms with E-state index in [4.69, 9.17) is 5.73 Å². The quantitative estimate of drug-likeness (QED) is 0.649. The Hall–Kier alpha value is -3.41. The molecule has 27 heavy (non-hydrogen) atoms. The molecule has 0 atom stereocenters. The Morgan fingerprint density at radius 1 is 1.07 bits per heavy atom. The van der Waals surface area contributed by atoms with Crippen LogP contribution < -0.4 is 16.4 Å². The average Bonchev–Trinajstić information content (AvgIpc) is 2.65. The Morgan fingerprint density at radius 2 is 1.81 bits per heavy atom. The number of nitrogens with two attached hydrogens (primary N) is 1. The molecule has 0 unspecified atom stereocenters. The molecular weight excluding hydrogens is 340 g/mol. The van der Waals surface area contributed by atoms with E-state index in [2.05, 4.69) is 27.8 Å². The number of carbonyl (C=O) groups excluding carboxylic acids is 2. The Kier molecular flexibility index (Phi) is 5.35. The molecule has 1 aromatic heterocycles. The van der Waals surface area contributed by atoms with Crippen molar-refractivity contribution in [1.29, 1.82) is 0 Å². The molecule has 138 valence electrons. The van der Waals surface area contributed by atoms with Gasteiger partial charge in [-0.05, 0) is 60.5 Å². The number of fused-ring (bicyclic) bond motifs is 1. The van der Waals surface area contributed by atoms with Crippen molar-refractivity contribution in [2.24, 2.45) is 5.73 Å². The van der Waals surface area contributed by atoms with Crippen molar-refractivity contribution in [3.63, 3.8) is 0 Å². The van der Waals surface area contributed by atoms with Crippen LogP contribution in [0.25, 0.3) is 10.8 Å². The number of nitrogens with zero attached hydrogens (tertiary/aromatic N) is 1. The Morgan fingerprint density at radius 3 is 2.48 bits per heavy atom. The van der Waals surface area contributed by atoms with Gasteiger partial charge in [0.1, 0.15) is 5.82 Å². The summed E-state index contributed by atoms with van der Waals surface area (Å²) >= 11 is 0. The number of rotatable bonds is 5. The molecule has 0 saturated heterocycles. The van der Waals surface area contributed by atoms with Crippen molar-refractivity contribution in [2.75, 3.05) is 11.9 Å². The maximum absolute atomic E-state index is 11.8. The number of aryl methyl sites for hydroxylation is 1. The van der Waals surface area contributed by atoms with Crippen molar-refractivity contribution < 1.29 is 9.59 Å². The van der Waals surface area contributed by atoms with E-state index in [1.807, 2.05) is 32.0 Å². The van der Waals surface area contributed by atoms with Gasteiger partial charge in [-0.2, -0.15) is 0 Å². The van der Waals surface area contributed by atoms with Gasteiger partial charge in [0.2, 0.25) is 5.91 Å². The van der Waals surface area contributed by atoms with Crippen molar-refractivity contribution in [2.45, 2.75) is 20.3 Å². The fraction of sp³-hybridized carbons (Fsp3) is 0.190. The predicted octanol–water partition coefficient (Wildman–Crippen LogP) is 3.37. The summed E-state index contributed by atoms with van der Waals surface area (Å²) < 4.78 is 0. The van der Waals surface area contributed by atoms with Crippen LogP contribution in [-0.2, 0) is 6.42 Å². The van der Waals surface area contributed by atoms with Gasteiger partial charge in [-0.3, -0.25) is 10.1 Å². The molecule has 6 nitrogen and oxygen atoms in total. The summed E-state index contributed by atoms with van der Waals surface area (Å²) in [5.74, 6) is 0.0684. The van der Waals surface area contributed by atoms with E-state index < -0.39 is 5.91 Å². The summed E-state index contributed by atoms with van der Waals surface area (Å²) in [5.41, 5.74) is 9.10. The fourth-order valence-electron chi connectivity index (χ4n) is 2.99. The number of benzene rings is 2. The minimum atomic E-state index is -0.436. The summed E-state index contributed by atoms with van der Waals surface area (Å²) in [6.07, 6.45) is 2.48. The molecular formula is C21H22N4O2. The van der Waals surface area contributed by atoms with Crippen LogP contribution >= 0.6 is 0 Å². The van der Waals surface area contributed by atoms with E-state index in [1.165, 1.54) is 0 Å². The molecule has 0 aliphatic carbocycles. The molecule has 3 amide bonds. The van der Waals surface area contributed by atoms with E-state index >= 15 is 0 Å². The average molecular weight is 362 g/mol. The number of nitrogens with one attached hydrogen (secondary N) is 2. The molecule has 0 spiro atoms. The molecule has 4 N–H and O–H groups in total. The molecule has 6 heteroatoms. The third kappa shape index (κ3) is 4.23. The lowest BCUT2D eigenvalue weighted by atomic mass is 9.96. The summed E-state index contributed by atoms with van der Waals surface area (Å²) in [5, 5.41) is 7.53. The lowest BCUT2D eigenvalue weighted by Gasteiger charge is -2.12. The van der Waals surface area contributed by atoms with Crippen molar-refractivity contribution >= 4 is 28.5 Å². The minimum absolute atomic E-state index is 0.277. The Balaban J connectivity index is 1.95. The van der Waals surface area contributed by atoms with E-state index in [0.717, 1.165) is 27.5 Å². The zero-order valence-electron chi connectivity index (χ0n) is 15.4. The number of aromatic nitrogens is 1. The van der Waals surface area contributed by atoms with Crippen LogP contribution in [0.15, 0.2) is 48.7 Å². The van der Waals surface area contributed by atoms with Gasteiger partial charge in [-0.25, -0.2) is 9.78 Å². The van der Waals surface area contributed by atoms with Gasteiger partial charge in [0.15, 0.2) is 0 Å². The molecule has 3 rings (SSSR count). The zero-order valence-corrected chi connectivity index (χ0v) is 15.4. The normalized spacial score (nSPS) is 10.6. The van der Waals surface area contributed by atoms with Gasteiger partial charge in [0.25, 0.3) is 0 Å². The van der Waals surface area contributed by atoms with Crippen LogP contribution in [0.5, 0.6) is 0 Å². The molecule has 0 radical (unpaired) electrons. The van der Waals surface area contributed by atoms with E-state index in [0.29, 0.717) is 24.3 Å². The molecule has 0 aliphatic rings. The molecule has 0 saturated carbocycles. The Labute approximate surface area is 157 Å². The number of urea groups is 1. The lowest BCUT2D eigenvalue weighted by Crippen LogP contribution is -2.28. The van der Waals surface area contributed by atoms with Crippen LogP contribution in [0.2, 0.25) is 0 Å². The third-order valence-electron chi connectivity index (χ3n) is 4.42.